The molecule has 0 saturated heterocycles. The van der Waals surface area contributed by atoms with Crippen LogP contribution in [0.1, 0.15) is 219 Å². The number of likely N-dealkylation sites (N-methyl/N-ethyl adjacent to an activating group) is 1. The fourth-order valence-electron chi connectivity index (χ4n) is 7.32. The molecule has 0 heterocycles. The number of carboxylic acid groups (broad SMARTS) is 1. The van der Waals surface area contributed by atoms with Gasteiger partial charge in [0.1, 0.15) is 6.61 Å². The third kappa shape index (κ3) is 42.4. The number of ether oxygens (including phenoxy) is 3. The van der Waals surface area contributed by atoms with Crippen molar-refractivity contribution in [2.45, 2.75) is 231 Å². The van der Waals surface area contributed by atoms with Crippen LogP contribution in [0.25, 0.3) is 0 Å². The minimum Gasteiger partial charge on any atom is -0.477 e. The van der Waals surface area contributed by atoms with Crippen molar-refractivity contribution >= 4 is 17.9 Å². The number of quaternary nitrogens is 1. The van der Waals surface area contributed by atoms with E-state index in [4.69, 9.17) is 14.2 Å². The molecule has 1 N–H and O–H groups in total. The van der Waals surface area contributed by atoms with Crippen LogP contribution in [-0.4, -0.2) is 80.6 Å². The van der Waals surface area contributed by atoms with Crippen molar-refractivity contribution in [2.24, 2.45) is 0 Å². The minimum atomic E-state index is -0.882. The van der Waals surface area contributed by atoms with E-state index in [2.05, 4.69) is 62.5 Å². The molecule has 8 heteroatoms. The molecule has 0 aromatic rings. The van der Waals surface area contributed by atoms with Crippen LogP contribution in [-0.2, 0) is 28.6 Å². The Morgan fingerprint density at radius 2 is 0.885 bits per heavy atom. The van der Waals surface area contributed by atoms with Gasteiger partial charge in [0.15, 0.2) is 12.1 Å². The topological polar surface area (TPSA) is 99.1 Å². The molecule has 0 radical (unpaired) electrons. The number of aliphatic carboxylic acids is 1. The number of allylic oxidation sites excluding steroid dienone is 8. The summed E-state index contributed by atoms with van der Waals surface area (Å²) in [5, 5.41) is 9.64. The third-order valence-electron chi connectivity index (χ3n) is 11.2. The SMILES string of the molecule is CCCCC/C=C/C/C=C/C/C=C/C/C=C/CCCC(=O)OC(COCCC(C(=O)O)[N+](C)(C)C)COC(=O)CCCCCCCCCCCCCCCCCCCCCC. The molecule has 2 atom stereocenters. The van der Waals surface area contributed by atoms with Crippen molar-refractivity contribution in [2.75, 3.05) is 41.0 Å². The Morgan fingerprint density at radius 1 is 0.492 bits per heavy atom. The number of carbonyl (C=O) groups is 3. The summed E-state index contributed by atoms with van der Waals surface area (Å²) < 4.78 is 17.3. The Hall–Kier alpha value is -2.71. The molecular weight excluding hydrogens is 763 g/mol. The van der Waals surface area contributed by atoms with Crippen LogP contribution in [0.5, 0.6) is 0 Å². The van der Waals surface area contributed by atoms with E-state index in [1.54, 1.807) is 0 Å². The molecule has 2 unspecified atom stereocenters. The second-order valence-corrected chi connectivity index (χ2v) is 18.1. The number of unbranched alkanes of at least 4 members (excludes halogenated alkanes) is 23. The van der Waals surface area contributed by atoms with E-state index in [0.717, 1.165) is 44.9 Å². The van der Waals surface area contributed by atoms with E-state index < -0.39 is 18.1 Å². The molecule has 0 spiro atoms. The number of carbonyl (C=O) groups excluding carboxylic acids is 2. The number of nitrogens with zero attached hydrogens (tertiary/aromatic N) is 1. The van der Waals surface area contributed by atoms with Crippen LogP contribution in [0.2, 0.25) is 0 Å². The zero-order valence-corrected chi connectivity index (χ0v) is 40.4. The number of esters is 2. The lowest BCUT2D eigenvalue weighted by atomic mass is 10.0. The fraction of sp³-hybridized carbons (Fsp3) is 0.792. The van der Waals surface area contributed by atoms with E-state index in [9.17, 15) is 19.5 Å². The first-order chi connectivity index (χ1) is 29.6. The van der Waals surface area contributed by atoms with Crippen molar-refractivity contribution in [3.8, 4) is 0 Å². The highest BCUT2D eigenvalue weighted by atomic mass is 16.6. The third-order valence-corrected chi connectivity index (χ3v) is 11.2. The molecule has 61 heavy (non-hydrogen) atoms. The van der Waals surface area contributed by atoms with Crippen LogP contribution >= 0.6 is 0 Å². The van der Waals surface area contributed by atoms with Gasteiger partial charge in [0, 0.05) is 19.3 Å². The highest BCUT2D eigenvalue weighted by Crippen LogP contribution is 2.16. The van der Waals surface area contributed by atoms with E-state index in [1.807, 2.05) is 21.1 Å². The number of hydrogen-bond acceptors (Lipinski definition) is 6. The minimum absolute atomic E-state index is 0.0407. The molecule has 0 aromatic carbocycles. The van der Waals surface area contributed by atoms with Gasteiger partial charge in [0.2, 0.25) is 0 Å². The molecule has 0 amide bonds. The second kappa shape index (κ2) is 43.9. The summed E-state index contributed by atoms with van der Waals surface area (Å²) in [6, 6.07) is -0.624. The Balaban J connectivity index is 4.31. The van der Waals surface area contributed by atoms with Gasteiger partial charge in [0.05, 0.1) is 34.4 Å². The van der Waals surface area contributed by atoms with Crippen LogP contribution in [0.3, 0.4) is 0 Å². The lowest BCUT2D eigenvalue weighted by Crippen LogP contribution is -2.50. The highest BCUT2D eigenvalue weighted by Gasteiger charge is 2.31. The molecule has 0 rings (SSSR count). The van der Waals surface area contributed by atoms with Gasteiger partial charge in [-0.3, -0.25) is 9.59 Å². The predicted octanol–water partition coefficient (Wildman–Crippen LogP) is 14.4. The van der Waals surface area contributed by atoms with Crippen molar-refractivity contribution in [3.05, 3.63) is 48.6 Å². The van der Waals surface area contributed by atoms with Gasteiger partial charge < -0.3 is 23.8 Å². The highest BCUT2D eigenvalue weighted by molar-refractivity contribution is 5.72. The summed E-state index contributed by atoms with van der Waals surface area (Å²) in [5.41, 5.74) is 0. The van der Waals surface area contributed by atoms with Crippen molar-refractivity contribution in [1.29, 1.82) is 0 Å². The Labute approximate surface area is 376 Å². The lowest BCUT2D eigenvalue weighted by Gasteiger charge is -2.31. The van der Waals surface area contributed by atoms with Crippen molar-refractivity contribution in [3.63, 3.8) is 0 Å². The van der Waals surface area contributed by atoms with Crippen LogP contribution < -0.4 is 0 Å². The van der Waals surface area contributed by atoms with Gasteiger partial charge in [-0.15, -0.1) is 0 Å². The summed E-state index contributed by atoms with van der Waals surface area (Å²) in [5.74, 6) is -1.53. The Bertz CT molecular complexity index is 1140. The lowest BCUT2D eigenvalue weighted by molar-refractivity contribution is -0.887. The summed E-state index contributed by atoms with van der Waals surface area (Å²) in [6.07, 6.45) is 53.1. The predicted molar refractivity (Wildman–Crippen MR) is 257 cm³/mol. The maximum absolute atomic E-state index is 12.7. The van der Waals surface area contributed by atoms with E-state index in [1.165, 1.54) is 135 Å². The summed E-state index contributed by atoms with van der Waals surface area (Å²) in [6.45, 7) is 4.67. The monoisotopic (exact) mass is 859 g/mol. The Morgan fingerprint density at radius 3 is 1.33 bits per heavy atom. The maximum Gasteiger partial charge on any atom is 0.362 e. The molecular formula is C53H96NO7+. The average molecular weight is 859 g/mol. The van der Waals surface area contributed by atoms with E-state index >= 15 is 0 Å². The molecule has 0 aliphatic rings. The van der Waals surface area contributed by atoms with Gasteiger partial charge in [-0.1, -0.05) is 197 Å². The summed E-state index contributed by atoms with van der Waals surface area (Å²) in [7, 11) is 5.52. The number of carboxylic acids is 1. The van der Waals surface area contributed by atoms with Crippen LogP contribution in [0.4, 0.5) is 0 Å². The van der Waals surface area contributed by atoms with Gasteiger partial charge >= 0.3 is 17.9 Å². The summed E-state index contributed by atoms with van der Waals surface area (Å²) in [4.78, 5) is 37.1. The first-order valence-corrected chi connectivity index (χ1v) is 25.2. The molecule has 0 aromatic heterocycles. The molecule has 0 aliphatic carbocycles. The van der Waals surface area contributed by atoms with Gasteiger partial charge in [0.25, 0.3) is 0 Å². The van der Waals surface area contributed by atoms with Gasteiger partial charge in [-0.25, -0.2) is 4.79 Å². The quantitative estimate of drug-likeness (QED) is 0.0282. The normalized spacial score (nSPS) is 13.3. The fourth-order valence-corrected chi connectivity index (χ4v) is 7.32. The van der Waals surface area contributed by atoms with E-state index in [0.29, 0.717) is 19.3 Å². The zero-order chi connectivity index (χ0) is 44.9. The molecule has 0 fully saturated rings. The molecule has 8 nitrogen and oxygen atoms in total. The van der Waals surface area contributed by atoms with Crippen LogP contribution in [0.15, 0.2) is 48.6 Å². The molecule has 0 bridgehead atoms. The zero-order valence-electron chi connectivity index (χ0n) is 40.4. The maximum atomic E-state index is 12.7. The first-order valence-electron chi connectivity index (χ1n) is 25.2. The van der Waals surface area contributed by atoms with Gasteiger partial charge in [-0.05, 0) is 51.4 Å². The molecule has 0 aliphatic heterocycles. The van der Waals surface area contributed by atoms with Crippen molar-refractivity contribution < 1.29 is 38.2 Å². The average Bonchev–Trinajstić information content (AvgIpc) is 3.22. The number of rotatable bonds is 45. The molecule has 354 valence electrons. The van der Waals surface area contributed by atoms with E-state index in [-0.39, 0.29) is 42.7 Å². The largest absolute Gasteiger partial charge is 0.477 e. The standard InChI is InChI=1S/C53H95NO7/c1-6-8-10-12-14-16-18-20-22-24-25-26-28-29-31-33-35-37-39-41-43-51(55)60-48-49(47-59-46-45-50(53(57)58)54(3,4)5)61-52(56)44-42-40-38-36-34-32-30-27-23-21-19-17-15-13-11-9-7-2/h15,17,21,23,30,32,36,38,49-50H,6-14,16,18-20,22,24-29,31,33-35,37,39-48H2,1-5H3/p+1/b17-15+,23-21+,32-30+,38-36+. The number of hydrogen-bond donors (Lipinski definition) is 1. The second-order valence-electron chi connectivity index (χ2n) is 18.1. The van der Waals surface area contributed by atoms with Crippen molar-refractivity contribution in [1.82, 2.24) is 0 Å². The Kier molecular flexibility index (Phi) is 42.0. The van der Waals surface area contributed by atoms with Crippen LogP contribution in [0, 0.1) is 0 Å². The van der Waals surface area contributed by atoms with Gasteiger partial charge in [-0.2, -0.15) is 0 Å². The molecule has 0 saturated carbocycles. The first kappa shape index (κ1) is 58.3. The smallest absolute Gasteiger partial charge is 0.362 e. The summed E-state index contributed by atoms with van der Waals surface area (Å²) >= 11 is 0.